The minimum Gasteiger partial charge on any atom is -0.505 e. The molecule has 33 heavy (non-hydrogen) atoms. The van der Waals surface area contributed by atoms with Gasteiger partial charge >= 0.3 is 5.97 Å². The van der Waals surface area contributed by atoms with Crippen LogP contribution in [0.25, 0.3) is 5.57 Å². The molecule has 1 atom stereocenters. The van der Waals surface area contributed by atoms with Crippen molar-refractivity contribution in [3.05, 3.63) is 58.5 Å². The van der Waals surface area contributed by atoms with Crippen LogP contribution in [0.1, 0.15) is 61.6 Å². The number of pyridine rings is 1. The lowest BCUT2D eigenvalue weighted by molar-refractivity contribution is -0.146. The van der Waals surface area contributed by atoms with Crippen molar-refractivity contribution < 1.29 is 19.8 Å². The van der Waals surface area contributed by atoms with Crippen LogP contribution in [-0.4, -0.2) is 39.8 Å². The van der Waals surface area contributed by atoms with Crippen LogP contribution in [0.2, 0.25) is 5.02 Å². The van der Waals surface area contributed by atoms with Crippen LogP contribution < -0.4 is 10.6 Å². The third kappa shape index (κ3) is 6.55. The van der Waals surface area contributed by atoms with Gasteiger partial charge in [0.15, 0.2) is 5.69 Å². The highest BCUT2D eigenvalue weighted by Crippen LogP contribution is 2.30. The predicted octanol–water partition coefficient (Wildman–Crippen LogP) is 4.90. The third-order valence-corrected chi connectivity index (χ3v) is 5.62. The molecule has 0 aliphatic carbocycles. The molecule has 9 heteroatoms. The van der Waals surface area contributed by atoms with E-state index in [0.717, 1.165) is 23.9 Å². The van der Waals surface area contributed by atoms with Gasteiger partial charge in [-0.2, -0.15) is 0 Å². The highest BCUT2D eigenvalue weighted by atomic mass is 35.5. The van der Waals surface area contributed by atoms with Gasteiger partial charge in [0.25, 0.3) is 5.91 Å². The number of hydrogen-bond acceptors (Lipinski definition) is 6. The molecule has 0 fully saturated rings. The lowest BCUT2D eigenvalue weighted by Crippen LogP contribution is -2.39. The summed E-state index contributed by atoms with van der Waals surface area (Å²) in [5.74, 6) is -1.85. The first-order valence-electron chi connectivity index (χ1n) is 10.5. The number of carbonyl (C=O) groups is 2. The van der Waals surface area contributed by atoms with Gasteiger partial charge in [-0.05, 0) is 56.0 Å². The summed E-state index contributed by atoms with van der Waals surface area (Å²) < 4.78 is 0. The zero-order valence-electron chi connectivity index (χ0n) is 19.1. The number of halogens is 1. The maximum absolute atomic E-state index is 12.3. The number of carboxylic acid groups (broad SMARTS) is 1. The monoisotopic (exact) mass is 472 g/mol. The van der Waals surface area contributed by atoms with Gasteiger partial charge in [-0.1, -0.05) is 25.4 Å². The fraction of sp³-hybridized carbons (Fsp3) is 0.333. The number of aliphatic carboxylic acids is 1. The van der Waals surface area contributed by atoms with E-state index in [2.05, 4.69) is 29.5 Å². The summed E-state index contributed by atoms with van der Waals surface area (Å²) in [6, 6.07) is 6.88. The van der Waals surface area contributed by atoms with E-state index >= 15 is 0 Å². The number of nitrogens with one attached hydrogen (secondary N) is 3. The Morgan fingerprint density at radius 3 is 2.58 bits per heavy atom. The minimum absolute atomic E-state index is 0.126. The number of amides is 1. The molecule has 0 aliphatic heterocycles. The molecule has 176 valence electrons. The number of anilines is 1. The molecular weight excluding hydrogens is 444 g/mol. The molecule has 8 nitrogen and oxygen atoms in total. The van der Waals surface area contributed by atoms with Crippen molar-refractivity contribution in [1.82, 2.24) is 10.3 Å². The number of allylic oxidation sites excluding steroid dienone is 1. The molecule has 2 rings (SSSR count). The predicted molar refractivity (Wildman–Crippen MR) is 130 cm³/mol. The first kappa shape index (κ1) is 25.9. The van der Waals surface area contributed by atoms with Gasteiger partial charge in [-0.25, -0.2) is 4.98 Å². The van der Waals surface area contributed by atoms with Crippen LogP contribution in [-0.2, 0) is 4.79 Å². The fourth-order valence-electron chi connectivity index (χ4n) is 2.90. The number of nitrogens with zero attached hydrogens (tertiary/aromatic N) is 1. The summed E-state index contributed by atoms with van der Waals surface area (Å²) in [6.45, 7) is 7.02. The van der Waals surface area contributed by atoms with Crippen LogP contribution in [0.5, 0.6) is 5.75 Å². The zero-order valence-corrected chi connectivity index (χ0v) is 19.8. The van der Waals surface area contributed by atoms with Crippen molar-refractivity contribution >= 4 is 41.0 Å². The van der Waals surface area contributed by atoms with Crippen LogP contribution >= 0.6 is 11.6 Å². The fourth-order valence-corrected chi connectivity index (χ4v) is 3.08. The average molecular weight is 473 g/mol. The van der Waals surface area contributed by atoms with Crippen molar-refractivity contribution in [2.45, 2.75) is 40.0 Å². The number of rotatable bonds is 10. The summed E-state index contributed by atoms with van der Waals surface area (Å²) in [7, 11) is 0. The van der Waals surface area contributed by atoms with Gasteiger partial charge in [0.05, 0.1) is 5.41 Å². The summed E-state index contributed by atoms with van der Waals surface area (Å²) >= 11 is 6.15. The Balaban J connectivity index is 2.24. The van der Waals surface area contributed by atoms with E-state index in [1.165, 1.54) is 26.1 Å². The molecule has 1 unspecified atom stereocenters. The summed E-state index contributed by atoms with van der Waals surface area (Å²) in [5.41, 5.74) is 1.36. The van der Waals surface area contributed by atoms with Crippen molar-refractivity contribution in [1.29, 1.82) is 5.41 Å². The SMILES string of the molecule is CCC(C)c1cc(Cl)ccc1N/C=C(\C=N)c1cnc(C(=O)NCC(C)(C)C(=O)O)c(O)c1. The topological polar surface area (TPSA) is 135 Å². The average Bonchev–Trinajstić information content (AvgIpc) is 2.78. The molecule has 1 aromatic carbocycles. The highest BCUT2D eigenvalue weighted by molar-refractivity contribution is 6.30. The number of aromatic hydroxyl groups is 1. The largest absolute Gasteiger partial charge is 0.505 e. The molecule has 2 aromatic rings. The number of carboxylic acids is 1. The molecule has 5 N–H and O–H groups in total. The van der Waals surface area contributed by atoms with Crippen molar-refractivity contribution in [3.63, 3.8) is 0 Å². The molecule has 1 amide bonds. The molecule has 0 saturated heterocycles. The Labute approximate surface area is 198 Å². The standard InChI is InChI=1S/C24H29ClN4O4/c1-5-14(2)18-9-17(25)6-7-19(18)27-12-16(10-26)15-8-20(30)21(28-11-15)22(31)29-13-24(3,4)23(32)33/h6-12,14,26-27,30H,5,13H2,1-4H3,(H,29,31)(H,32,33)/b16-12+,26-10?. The number of aromatic nitrogens is 1. The quantitative estimate of drug-likeness (QED) is 0.312. The zero-order chi connectivity index (χ0) is 24.8. The second kappa shape index (κ2) is 11.0. The maximum atomic E-state index is 12.3. The van der Waals surface area contributed by atoms with Gasteiger partial charge in [0, 0.05) is 47.0 Å². The van der Waals surface area contributed by atoms with Crippen LogP contribution in [0.4, 0.5) is 5.69 Å². The Bertz CT molecular complexity index is 1080. The van der Waals surface area contributed by atoms with Crippen LogP contribution in [0, 0.1) is 10.8 Å². The van der Waals surface area contributed by atoms with E-state index < -0.39 is 17.3 Å². The van der Waals surface area contributed by atoms with Crippen LogP contribution in [0.15, 0.2) is 36.7 Å². The minimum atomic E-state index is -1.16. The second-order valence-corrected chi connectivity index (χ2v) is 8.83. The van der Waals surface area contributed by atoms with Gasteiger partial charge < -0.3 is 26.3 Å². The van der Waals surface area contributed by atoms with Gasteiger partial charge in [0.1, 0.15) is 5.75 Å². The Hall–Kier alpha value is -3.39. The summed E-state index contributed by atoms with van der Waals surface area (Å²) in [5, 5.41) is 33.6. The molecule has 0 radical (unpaired) electrons. The van der Waals surface area contributed by atoms with Gasteiger partial charge in [-0.3, -0.25) is 9.59 Å². The lowest BCUT2D eigenvalue weighted by atomic mass is 9.94. The smallest absolute Gasteiger partial charge is 0.310 e. The van der Waals surface area contributed by atoms with E-state index in [4.69, 9.17) is 22.1 Å². The molecular formula is C24H29ClN4O4. The molecule has 0 spiro atoms. The molecule has 0 aliphatic rings. The van der Waals surface area contributed by atoms with Crippen molar-refractivity contribution in [3.8, 4) is 5.75 Å². The second-order valence-electron chi connectivity index (χ2n) is 8.39. The third-order valence-electron chi connectivity index (χ3n) is 5.38. The first-order chi connectivity index (χ1) is 15.5. The number of hydrogen-bond donors (Lipinski definition) is 5. The highest BCUT2D eigenvalue weighted by Gasteiger charge is 2.28. The van der Waals surface area contributed by atoms with E-state index in [-0.39, 0.29) is 23.9 Å². The van der Waals surface area contributed by atoms with Gasteiger partial charge in [-0.15, -0.1) is 0 Å². The first-order valence-corrected chi connectivity index (χ1v) is 10.9. The normalized spacial score (nSPS) is 12.7. The summed E-state index contributed by atoms with van der Waals surface area (Å²) in [6.07, 6.45) is 5.03. The molecule has 1 aromatic heterocycles. The lowest BCUT2D eigenvalue weighted by Gasteiger charge is -2.19. The summed E-state index contributed by atoms with van der Waals surface area (Å²) in [4.78, 5) is 27.6. The van der Waals surface area contributed by atoms with Crippen LogP contribution in [0.3, 0.4) is 0 Å². The molecule has 0 saturated carbocycles. The van der Waals surface area contributed by atoms with E-state index in [1.54, 1.807) is 12.3 Å². The Kier molecular flexibility index (Phi) is 8.59. The van der Waals surface area contributed by atoms with E-state index in [0.29, 0.717) is 16.2 Å². The van der Waals surface area contributed by atoms with E-state index in [1.807, 2.05) is 12.1 Å². The van der Waals surface area contributed by atoms with Crippen molar-refractivity contribution in [2.75, 3.05) is 11.9 Å². The molecule has 0 bridgehead atoms. The Morgan fingerprint density at radius 1 is 1.30 bits per heavy atom. The number of carbonyl (C=O) groups excluding carboxylic acids is 1. The van der Waals surface area contributed by atoms with E-state index in [9.17, 15) is 14.7 Å². The molecule has 1 heterocycles. The maximum Gasteiger partial charge on any atom is 0.310 e. The van der Waals surface area contributed by atoms with Gasteiger partial charge in [0.2, 0.25) is 0 Å². The van der Waals surface area contributed by atoms with Crippen molar-refractivity contribution in [2.24, 2.45) is 5.41 Å². The number of benzene rings is 1. The Morgan fingerprint density at radius 2 is 2.00 bits per heavy atom.